The Morgan fingerprint density at radius 2 is 2.13 bits per heavy atom. The monoisotopic (exact) mass is 238 g/mol. The van der Waals surface area contributed by atoms with Gasteiger partial charge in [0.05, 0.1) is 26.4 Å². The molecule has 0 aromatic carbocycles. The predicted molar refractivity (Wildman–Crippen MR) is 57.1 cm³/mol. The van der Waals surface area contributed by atoms with Crippen LogP contribution in [0.3, 0.4) is 0 Å². The van der Waals surface area contributed by atoms with Crippen LogP contribution < -0.4 is 0 Å². The second-order valence-electron chi connectivity index (χ2n) is 3.27. The van der Waals surface area contributed by atoms with Crippen LogP contribution in [0.15, 0.2) is 0 Å². The first-order valence-electron chi connectivity index (χ1n) is 4.84. The third-order valence-corrected chi connectivity index (χ3v) is 2.49. The zero-order chi connectivity index (χ0) is 11.1. The summed E-state index contributed by atoms with van der Waals surface area (Å²) in [6, 6.07) is 0. The first-order chi connectivity index (χ1) is 7.33. The Hall–Kier alpha value is 0.150. The summed E-state index contributed by atoms with van der Waals surface area (Å²) in [7, 11) is 3.28. The Bertz CT molecular complexity index is 169. The Morgan fingerprint density at radius 3 is 2.73 bits per heavy atom. The minimum absolute atomic E-state index is 0.0568. The fraction of sp³-hybridized carbons (Fsp3) is 1.00. The lowest BCUT2D eigenvalue weighted by Crippen LogP contribution is -2.36. The van der Waals surface area contributed by atoms with E-state index in [1.807, 2.05) is 0 Å². The molecule has 1 heterocycles. The fourth-order valence-electron chi connectivity index (χ4n) is 1.59. The molecule has 0 aromatic rings. The molecule has 1 saturated heterocycles. The molecule has 0 radical (unpaired) electrons. The van der Waals surface area contributed by atoms with Crippen LogP contribution >= 0.6 is 12.9 Å². The summed E-state index contributed by atoms with van der Waals surface area (Å²) < 4.78 is 26.0. The van der Waals surface area contributed by atoms with Crippen LogP contribution in [0, 0.1) is 0 Å². The SMILES string of the molecule is COCCOC1COC(COS)C1OC. The van der Waals surface area contributed by atoms with E-state index in [9.17, 15) is 0 Å². The van der Waals surface area contributed by atoms with Crippen molar-refractivity contribution in [1.82, 2.24) is 0 Å². The van der Waals surface area contributed by atoms with Gasteiger partial charge in [0.15, 0.2) is 0 Å². The first-order valence-corrected chi connectivity index (χ1v) is 5.21. The van der Waals surface area contributed by atoms with E-state index in [2.05, 4.69) is 12.9 Å². The van der Waals surface area contributed by atoms with Crippen LogP contribution in [0.25, 0.3) is 0 Å². The van der Waals surface area contributed by atoms with Crippen LogP contribution in [0.5, 0.6) is 0 Å². The van der Waals surface area contributed by atoms with Crippen LogP contribution in [-0.2, 0) is 23.1 Å². The third kappa shape index (κ3) is 3.90. The van der Waals surface area contributed by atoms with Crippen molar-refractivity contribution in [1.29, 1.82) is 0 Å². The van der Waals surface area contributed by atoms with Crippen LogP contribution in [-0.4, -0.2) is 59.0 Å². The van der Waals surface area contributed by atoms with Gasteiger partial charge in [0.1, 0.15) is 18.3 Å². The Labute approximate surface area is 95.6 Å². The first kappa shape index (κ1) is 13.2. The van der Waals surface area contributed by atoms with E-state index in [-0.39, 0.29) is 18.3 Å². The molecule has 0 aliphatic carbocycles. The van der Waals surface area contributed by atoms with E-state index in [0.717, 1.165) is 0 Å². The smallest absolute Gasteiger partial charge is 0.114 e. The lowest BCUT2D eigenvalue weighted by atomic mass is 10.1. The summed E-state index contributed by atoms with van der Waals surface area (Å²) in [4.78, 5) is 0. The molecule has 0 bridgehead atoms. The van der Waals surface area contributed by atoms with E-state index < -0.39 is 0 Å². The third-order valence-electron chi connectivity index (χ3n) is 2.34. The summed E-state index contributed by atoms with van der Waals surface area (Å²) in [6.07, 6.45) is -0.271. The van der Waals surface area contributed by atoms with E-state index in [1.54, 1.807) is 14.2 Å². The molecular weight excluding hydrogens is 220 g/mol. The second kappa shape index (κ2) is 7.43. The van der Waals surface area contributed by atoms with Crippen molar-refractivity contribution in [3.05, 3.63) is 0 Å². The number of methoxy groups -OCH3 is 2. The highest BCUT2D eigenvalue weighted by Gasteiger charge is 2.38. The number of rotatable bonds is 7. The van der Waals surface area contributed by atoms with Gasteiger partial charge in [0, 0.05) is 14.2 Å². The van der Waals surface area contributed by atoms with Gasteiger partial charge in [-0.05, 0) is 12.9 Å². The molecule has 1 aliphatic heterocycles. The number of hydrogen-bond acceptors (Lipinski definition) is 6. The number of thiol groups is 1. The summed E-state index contributed by atoms with van der Waals surface area (Å²) in [5, 5.41) is 0. The van der Waals surface area contributed by atoms with Crippen molar-refractivity contribution in [3.63, 3.8) is 0 Å². The number of ether oxygens (including phenoxy) is 4. The predicted octanol–water partition coefficient (Wildman–Crippen LogP) is 0.293. The van der Waals surface area contributed by atoms with Crippen LogP contribution in [0.4, 0.5) is 0 Å². The van der Waals surface area contributed by atoms with E-state index in [1.165, 1.54) is 0 Å². The van der Waals surface area contributed by atoms with E-state index in [4.69, 9.17) is 23.1 Å². The Balaban J connectivity index is 2.31. The molecule has 0 N–H and O–H groups in total. The fourth-order valence-corrected chi connectivity index (χ4v) is 1.74. The maximum atomic E-state index is 5.57. The van der Waals surface area contributed by atoms with Gasteiger partial charge in [-0.3, -0.25) is 0 Å². The highest BCUT2D eigenvalue weighted by molar-refractivity contribution is 7.75. The summed E-state index contributed by atoms with van der Waals surface area (Å²) >= 11 is 3.69. The molecular formula is C9H18O5S. The van der Waals surface area contributed by atoms with Gasteiger partial charge in [0.25, 0.3) is 0 Å². The van der Waals surface area contributed by atoms with Gasteiger partial charge >= 0.3 is 0 Å². The molecule has 5 nitrogen and oxygen atoms in total. The van der Waals surface area contributed by atoms with Gasteiger partial charge < -0.3 is 23.1 Å². The molecule has 0 amide bonds. The van der Waals surface area contributed by atoms with Crippen molar-refractivity contribution in [3.8, 4) is 0 Å². The molecule has 1 fully saturated rings. The highest BCUT2D eigenvalue weighted by Crippen LogP contribution is 2.20. The molecule has 1 rings (SSSR count). The van der Waals surface area contributed by atoms with Gasteiger partial charge in [-0.1, -0.05) is 0 Å². The average molecular weight is 238 g/mol. The summed E-state index contributed by atoms with van der Waals surface area (Å²) in [6.45, 7) is 2.02. The van der Waals surface area contributed by atoms with Crippen molar-refractivity contribution >= 4 is 12.9 Å². The highest BCUT2D eigenvalue weighted by atomic mass is 32.1. The molecule has 1 aliphatic rings. The lowest BCUT2D eigenvalue weighted by molar-refractivity contribution is -0.0562. The molecule has 15 heavy (non-hydrogen) atoms. The maximum absolute atomic E-state index is 5.57. The summed E-state index contributed by atoms with van der Waals surface area (Å²) in [5.74, 6) is 0. The molecule has 6 heteroatoms. The molecule has 3 unspecified atom stereocenters. The van der Waals surface area contributed by atoms with Crippen LogP contribution in [0.1, 0.15) is 0 Å². The standard InChI is InChI=1S/C9H18O5S/c1-10-3-4-12-7-5-13-8(6-14-15)9(7)11-2/h7-9,15H,3-6H2,1-2H3. The lowest BCUT2D eigenvalue weighted by Gasteiger charge is -2.20. The molecule has 3 atom stereocenters. The van der Waals surface area contributed by atoms with E-state index in [0.29, 0.717) is 26.4 Å². The van der Waals surface area contributed by atoms with Gasteiger partial charge in [-0.15, -0.1) is 0 Å². The maximum Gasteiger partial charge on any atom is 0.114 e. The van der Waals surface area contributed by atoms with E-state index >= 15 is 0 Å². The Kier molecular flexibility index (Phi) is 6.54. The molecule has 0 saturated carbocycles. The zero-order valence-corrected chi connectivity index (χ0v) is 9.94. The number of hydrogen-bond donors (Lipinski definition) is 1. The molecule has 0 aromatic heterocycles. The van der Waals surface area contributed by atoms with Crippen molar-refractivity contribution < 1.29 is 23.1 Å². The summed E-state index contributed by atoms with van der Waals surface area (Å²) in [5.41, 5.74) is 0. The largest absolute Gasteiger partial charge is 0.382 e. The molecule has 0 spiro atoms. The Morgan fingerprint density at radius 1 is 1.33 bits per heavy atom. The zero-order valence-electron chi connectivity index (χ0n) is 9.05. The van der Waals surface area contributed by atoms with Crippen molar-refractivity contribution in [2.24, 2.45) is 0 Å². The van der Waals surface area contributed by atoms with Gasteiger partial charge in [0.2, 0.25) is 0 Å². The minimum atomic E-state index is -0.111. The second-order valence-corrected chi connectivity index (χ2v) is 3.53. The van der Waals surface area contributed by atoms with Crippen molar-refractivity contribution in [2.75, 3.05) is 40.6 Å². The molecule has 90 valence electrons. The minimum Gasteiger partial charge on any atom is -0.382 e. The average Bonchev–Trinajstić information content (AvgIpc) is 2.62. The van der Waals surface area contributed by atoms with Crippen LogP contribution in [0.2, 0.25) is 0 Å². The topological polar surface area (TPSA) is 46.2 Å². The normalized spacial score (nSPS) is 31.0. The van der Waals surface area contributed by atoms with Crippen molar-refractivity contribution in [2.45, 2.75) is 18.3 Å². The van der Waals surface area contributed by atoms with Gasteiger partial charge in [-0.25, -0.2) is 0 Å². The van der Waals surface area contributed by atoms with Gasteiger partial charge in [-0.2, -0.15) is 0 Å². The quantitative estimate of drug-likeness (QED) is 0.392.